The Morgan fingerprint density at radius 3 is 2.50 bits per heavy atom. The third-order valence-electron chi connectivity index (χ3n) is 4.69. The molecule has 0 spiro atoms. The van der Waals surface area contributed by atoms with E-state index >= 15 is 0 Å². The smallest absolute Gasteiger partial charge is 0.191 e. The highest BCUT2D eigenvalue weighted by atomic mass is 127. The Bertz CT molecular complexity index is 564. The summed E-state index contributed by atoms with van der Waals surface area (Å²) in [6.07, 6.45) is 1.07. The molecule has 0 saturated carbocycles. The van der Waals surface area contributed by atoms with Gasteiger partial charge in [0, 0.05) is 26.2 Å². The summed E-state index contributed by atoms with van der Waals surface area (Å²) in [6.45, 7) is 9.18. The summed E-state index contributed by atoms with van der Waals surface area (Å²) in [5, 5.41) is 6.72. The van der Waals surface area contributed by atoms with Crippen molar-refractivity contribution in [2.24, 2.45) is 4.99 Å². The number of likely N-dealkylation sites (N-methyl/N-ethyl adjacent to an activating group) is 1. The SMILES string of the molecule is CCNC(=NCC(c1ccc(F)cc1)N(C)C)NCCCN1CCOCC1.I. The van der Waals surface area contributed by atoms with E-state index in [-0.39, 0.29) is 35.8 Å². The molecule has 0 bridgehead atoms. The highest BCUT2D eigenvalue weighted by molar-refractivity contribution is 14.0. The molecule has 0 aliphatic carbocycles. The standard InChI is InChI=1S/C20H34FN5O.HI/c1-4-22-20(23-10-5-11-26-12-14-27-15-13-26)24-16-19(25(2)3)17-6-8-18(21)9-7-17;/h6-9,19H,4-5,10-16H2,1-3H3,(H2,22,23,24);1H. The van der Waals surface area contributed by atoms with E-state index in [0.717, 1.165) is 63.9 Å². The Morgan fingerprint density at radius 2 is 1.89 bits per heavy atom. The minimum atomic E-state index is -0.213. The first kappa shape index (κ1) is 25.1. The van der Waals surface area contributed by atoms with Crippen LogP contribution in [-0.2, 0) is 4.74 Å². The van der Waals surface area contributed by atoms with Crippen LogP contribution in [0.2, 0.25) is 0 Å². The lowest BCUT2D eigenvalue weighted by molar-refractivity contribution is 0.0376. The molecule has 0 radical (unpaired) electrons. The van der Waals surface area contributed by atoms with Gasteiger partial charge in [0.05, 0.1) is 25.8 Å². The van der Waals surface area contributed by atoms with Crippen molar-refractivity contribution in [3.05, 3.63) is 35.6 Å². The largest absolute Gasteiger partial charge is 0.379 e. The zero-order chi connectivity index (χ0) is 19.5. The van der Waals surface area contributed by atoms with E-state index < -0.39 is 0 Å². The molecule has 1 aliphatic rings. The molecule has 160 valence electrons. The highest BCUT2D eigenvalue weighted by Crippen LogP contribution is 2.18. The maximum absolute atomic E-state index is 13.2. The number of morpholine rings is 1. The summed E-state index contributed by atoms with van der Waals surface area (Å²) in [5.74, 6) is 0.614. The summed E-state index contributed by atoms with van der Waals surface area (Å²) in [4.78, 5) is 9.29. The van der Waals surface area contributed by atoms with E-state index in [2.05, 4.69) is 27.4 Å². The third-order valence-corrected chi connectivity index (χ3v) is 4.69. The van der Waals surface area contributed by atoms with Crippen molar-refractivity contribution in [1.82, 2.24) is 20.4 Å². The molecular weight excluding hydrogens is 472 g/mol. The van der Waals surface area contributed by atoms with Gasteiger partial charge in [-0.3, -0.25) is 9.89 Å². The molecule has 6 nitrogen and oxygen atoms in total. The number of nitrogens with zero attached hydrogens (tertiary/aromatic N) is 3. The van der Waals surface area contributed by atoms with Crippen molar-refractivity contribution < 1.29 is 9.13 Å². The van der Waals surface area contributed by atoms with E-state index in [0.29, 0.717) is 6.54 Å². The van der Waals surface area contributed by atoms with Gasteiger partial charge < -0.3 is 20.3 Å². The van der Waals surface area contributed by atoms with Gasteiger partial charge >= 0.3 is 0 Å². The van der Waals surface area contributed by atoms with E-state index in [1.165, 1.54) is 12.1 Å². The van der Waals surface area contributed by atoms with Crippen molar-refractivity contribution in [2.45, 2.75) is 19.4 Å². The number of hydrogen-bond acceptors (Lipinski definition) is 4. The zero-order valence-corrected chi connectivity index (χ0v) is 19.6. The Balaban J connectivity index is 0.00000392. The maximum atomic E-state index is 13.2. The van der Waals surface area contributed by atoms with Gasteiger partial charge in [-0.1, -0.05) is 12.1 Å². The minimum absolute atomic E-state index is 0. The maximum Gasteiger partial charge on any atom is 0.191 e. The lowest BCUT2D eigenvalue weighted by Crippen LogP contribution is -2.41. The van der Waals surface area contributed by atoms with Crippen LogP contribution in [0.3, 0.4) is 0 Å². The van der Waals surface area contributed by atoms with Gasteiger partial charge in [0.2, 0.25) is 0 Å². The monoisotopic (exact) mass is 507 g/mol. The van der Waals surface area contributed by atoms with Crippen LogP contribution in [0.25, 0.3) is 0 Å². The fraction of sp³-hybridized carbons (Fsp3) is 0.650. The molecule has 8 heteroatoms. The molecule has 1 aromatic carbocycles. The Morgan fingerprint density at radius 1 is 1.21 bits per heavy atom. The van der Waals surface area contributed by atoms with Crippen LogP contribution in [0.4, 0.5) is 4.39 Å². The van der Waals surface area contributed by atoms with Gasteiger partial charge in [-0.2, -0.15) is 0 Å². The quantitative estimate of drug-likeness (QED) is 0.233. The van der Waals surface area contributed by atoms with Gasteiger partial charge in [0.25, 0.3) is 0 Å². The fourth-order valence-electron chi connectivity index (χ4n) is 3.11. The summed E-state index contributed by atoms with van der Waals surface area (Å²) < 4.78 is 18.6. The molecule has 0 amide bonds. The van der Waals surface area contributed by atoms with Gasteiger partial charge in [-0.05, 0) is 51.7 Å². The number of benzene rings is 1. The number of guanidine groups is 1. The molecule has 1 unspecified atom stereocenters. The first-order valence-corrected chi connectivity index (χ1v) is 9.84. The summed E-state index contributed by atoms with van der Waals surface area (Å²) in [7, 11) is 4.04. The van der Waals surface area contributed by atoms with Crippen molar-refractivity contribution in [2.75, 3.05) is 66.6 Å². The van der Waals surface area contributed by atoms with Gasteiger partial charge in [-0.15, -0.1) is 24.0 Å². The van der Waals surface area contributed by atoms with Crippen molar-refractivity contribution in [1.29, 1.82) is 0 Å². The second-order valence-electron chi connectivity index (χ2n) is 6.98. The second kappa shape index (κ2) is 14.1. The van der Waals surface area contributed by atoms with Crippen molar-refractivity contribution >= 4 is 29.9 Å². The normalized spacial score (nSPS) is 16.5. The molecule has 1 fully saturated rings. The van der Waals surface area contributed by atoms with E-state index in [4.69, 9.17) is 9.73 Å². The van der Waals surface area contributed by atoms with Gasteiger partial charge in [0.1, 0.15) is 5.82 Å². The molecule has 1 heterocycles. The second-order valence-corrected chi connectivity index (χ2v) is 6.98. The Hall–Kier alpha value is -0.970. The fourth-order valence-corrected chi connectivity index (χ4v) is 3.11. The van der Waals surface area contributed by atoms with Crippen LogP contribution < -0.4 is 10.6 Å². The first-order chi connectivity index (χ1) is 13.1. The Labute approximate surface area is 185 Å². The minimum Gasteiger partial charge on any atom is -0.379 e. The van der Waals surface area contributed by atoms with E-state index in [1.807, 2.05) is 26.2 Å². The molecule has 1 aromatic rings. The van der Waals surface area contributed by atoms with Crippen molar-refractivity contribution in [3.8, 4) is 0 Å². The average Bonchev–Trinajstić information content (AvgIpc) is 2.67. The predicted octanol–water partition coefficient (Wildman–Crippen LogP) is 2.32. The number of aliphatic imine (C=N–C) groups is 1. The first-order valence-electron chi connectivity index (χ1n) is 9.84. The van der Waals surface area contributed by atoms with Crippen LogP contribution in [0.15, 0.2) is 29.3 Å². The summed E-state index contributed by atoms with van der Waals surface area (Å²) in [5.41, 5.74) is 1.06. The number of ether oxygens (including phenoxy) is 1. The van der Waals surface area contributed by atoms with Gasteiger partial charge in [-0.25, -0.2) is 4.39 Å². The number of nitrogens with one attached hydrogen (secondary N) is 2. The van der Waals surface area contributed by atoms with Crippen LogP contribution in [0.1, 0.15) is 24.9 Å². The third kappa shape index (κ3) is 9.02. The van der Waals surface area contributed by atoms with Gasteiger partial charge in [0.15, 0.2) is 5.96 Å². The Kier molecular flexibility index (Phi) is 12.6. The van der Waals surface area contributed by atoms with Crippen LogP contribution in [-0.4, -0.2) is 82.3 Å². The number of hydrogen-bond donors (Lipinski definition) is 2. The number of halogens is 2. The number of rotatable bonds is 9. The predicted molar refractivity (Wildman–Crippen MR) is 124 cm³/mol. The lowest BCUT2D eigenvalue weighted by atomic mass is 10.1. The zero-order valence-electron chi connectivity index (χ0n) is 17.3. The molecule has 1 atom stereocenters. The molecule has 0 aromatic heterocycles. The van der Waals surface area contributed by atoms with E-state index in [1.54, 1.807) is 0 Å². The molecule has 2 N–H and O–H groups in total. The van der Waals surface area contributed by atoms with Crippen molar-refractivity contribution in [3.63, 3.8) is 0 Å². The highest BCUT2D eigenvalue weighted by Gasteiger charge is 2.14. The van der Waals surface area contributed by atoms with Crippen LogP contribution in [0, 0.1) is 5.82 Å². The molecule has 2 rings (SSSR count). The summed E-state index contributed by atoms with van der Waals surface area (Å²) in [6, 6.07) is 6.78. The molecule has 28 heavy (non-hydrogen) atoms. The topological polar surface area (TPSA) is 52.1 Å². The summed E-state index contributed by atoms with van der Waals surface area (Å²) >= 11 is 0. The van der Waals surface area contributed by atoms with Crippen LogP contribution in [0.5, 0.6) is 0 Å². The van der Waals surface area contributed by atoms with Crippen LogP contribution >= 0.6 is 24.0 Å². The molecule has 1 saturated heterocycles. The molecular formula is C20H35FIN5O. The van der Waals surface area contributed by atoms with E-state index in [9.17, 15) is 4.39 Å². The average molecular weight is 507 g/mol. The molecule has 1 aliphatic heterocycles. The lowest BCUT2D eigenvalue weighted by Gasteiger charge is -2.26.